The monoisotopic (exact) mass is 362 g/mol. The Morgan fingerprint density at radius 3 is 2.20 bits per heavy atom. The molecule has 9 heteroatoms. The van der Waals surface area contributed by atoms with Gasteiger partial charge in [-0.2, -0.15) is 0 Å². The quantitative estimate of drug-likeness (QED) is 0.676. The number of halogens is 3. The van der Waals surface area contributed by atoms with Crippen molar-refractivity contribution in [3.05, 3.63) is 24.3 Å². The molecule has 6 nitrogen and oxygen atoms in total. The second-order valence-corrected chi connectivity index (χ2v) is 6.03. The molecule has 0 heterocycles. The number of hydrogen-bond acceptors (Lipinski definition) is 3. The summed E-state index contributed by atoms with van der Waals surface area (Å²) in [6.07, 6.45) is -4.76. The van der Waals surface area contributed by atoms with Crippen LogP contribution in [0.1, 0.15) is 20.8 Å². The van der Waals surface area contributed by atoms with Crippen LogP contribution in [-0.4, -0.2) is 43.9 Å². The molecule has 1 aromatic carbocycles. The van der Waals surface area contributed by atoms with Crippen molar-refractivity contribution >= 4 is 17.5 Å². The van der Waals surface area contributed by atoms with Gasteiger partial charge in [0.25, 0.3) is 11.8 Å². The highest BCUT2D eigenvalue weighted by molar-refractivity contribution is 5.91. The second-order valence-electron chi connectivity index (χ2n) is 6.03. The van der Waals surface area contributed by atoms with Gasteiger partial charge in [-0.3, -0.25) is 9.59 Å². The third-order valence-electron chi connectivity index (χ3n) is 3.37. The Morgan fingerprint density at radius 1 is 1.16 bits per heavy atom. The lowest BCUT2D eigenvalue weighted by Gasteiger charge is -2.21. The normalized spacial score (nSPS) is 13.9. The molecular formula is C16H23F3N3O3+. The summed E-state index contributed by atoms with van der Waals surface area (Å²) in [6, 6.07) is 4.42. The molecule has 1 rings (SSSR count). The van der Waals surface area contributed by atoms with Gasteiger partial charge in [0.15, 0.2) is 12.6 Å². The van der Waals surface area contributed by atoms with Crippen LogP contribution in [-0.2, 0) is 9.59 Å². The van der Waals surface area contributed by atoms with Crippen molar-refractivity contribution in [3.63, 3.8) is 0 Å². The molecule has 140 valence electrons. The van der Waals surface area contributed by atoms with Crippen molar-refractivity contribution in [2.45, 2.75) is 39.2 Å². The highest BCUT2D eigenvalue weighted by atomic mass is 19.4. The maximum atomic E-state index is 12.1. The molecule has 0 fully saturated rings. The van der Waals surface area contributed by atoms with Gasteiger partial charge in [-0.15, -0.1) is 13.2 Å². The molecular weight excluding hydrogens is 339 g/mol. The van der Waals surface area contributed by atoms with Crippen molar-refractivity contribution in [3.8, 4) is 5.75 Å². The molecule has 2 amide bonds. The van der Waals surface area contributed by atoms with Gasteiger partial charge < -0.3 is 20.3 Å². The fraction of sp³-hybridized carbons (Fsp3) is 0.500. The number of alkyl halides is 3. The van der Waals surface area contributed by atoms with Gasteiger partial charge in [0.05, 0.1) is 7.05 Å². The van der Waals surface area contributed by atoms with Crippen molar-refractivity contribution in [1.82, 2.24) is 5.32 Å². The predicted octanol–water partition coefficient (Wildman–Crippen LogP) is 0.951. The Morgan fingerprint density at radius 2 is 1.72 bits per heavy atom. The number of carbonyl (C=O) groups is 2. The molecule has 0 radical (unpaired) electrons. The van der Waals surface area contributed by atoms with E-state index in [1.165, 1.54) is 12.1 Å². The van der Waals surface area contributed by atoms with Crippen LogP contribution in [0.3, 0.4) is 0 Å². The Bertz CT molecular complexity index is 589. The Hall–Kier alpha value is -2.29. The van der Waals surface area contributed by atoms with Crippen LogP contribution in [0, 0.1) is 0 Å². The SMILES string of the molecule is CC(C)NC(=O)[C@H](C)[NH+](C)CC(=O)Nc1ccc(OC(F)(F)F)cc1. The Labute approximate surface area is 144 Å². The first-order chi connectivity index (χ1) is 11.5. The van der Waals surface area contributed by atoms with Gasteiger partial charge in [-0.25, -0.2) is 0 Å². The number of nitrogens with one attached hydrogen (secondary N) is 3. The van der Waals surface area contributed by atoms with Crippen LogP contribution in [0.15, 0.2) is 24.3 Å². The van der Waals surface area contributed by atoms with E-state index in [-0.39, 0.29) is 30.2 Å². The van der Waals surface area contributed by atoms with Gasteiger partial charge in [0.2, 0.25) is 0 Å². The summed E-state index contributed by atoms with van der Waals surface area (Å²) in [6.45, 7) is 5.44. The maximum absolute atomic E-state index is 12.1. The molecule has 0 aromatic heterocycles. The summed E-state index contributed by atoms with van der Waals surface area (Å²) in [4.78, 5) is 24.6. The van der Waals surface area contributed by atoms with Gasteiger partial charge in [0.1, 0.15) is 5.75 Å². The molecule has 0 saturated heterocycles. The zero-order valence-corrected chi connectivity index (χ0v) is 14.5. The number of rotatable bonds is 7. The fourth-order valence-electron chi connectivity index (χ4n) is 1.98. The molecule has 0 aliphatic carbocycles. The van der Waals surface area contributed by atoms with Gasteiger partial charge >= 0.3 is 6.36 Å². The highest BCUT2D eigenvalue weighted by Crippen LogP contribution is 2.23. The van der Waals surface area contributed by atoms with Gasteiger partial charge in [0, 0.05) is 11.7 Å². The fourth-order valence-corrected chi connectivity index (χ4v) is 1.98. The number of carbonyl (C=O) groups excluding carboxylic acids is 2. The van der Waals surface area contributed by atoms with E-state index in [2.05, 4.69) is 15.4 Å². The first kappa shape index (κ1) is 20.8. The lowest BCUT2D eigenvalue weighted by molar-refractivity contribution is -0.885. The Kier molecular flexibility index (Phi) is 7.22. The minimum absolute atomic E-state index is 0.00834. The van der Waals surface area contributed by atoms with E-state index in [4.69, 9.17) is 0 Å². The lowest BCUT2D eigenvalue weighted by Crippen LogP contribution is -3.15. The number of anilines is 1. The first-order valence-corrected chi connectivity index (χ1v) is 7.76. The number of amides is 2. The van der Waals surface area contributed by atoms with Crippen LogP contribution in [0.4, 0.5) is 18.9 Å². The van der Waals surface area contributed by atoms with E-state index in [0.29, 0.717) is 10.6 Å². The van der Waals surface area contributed by atoms with Crippen molar-refractivity contribution in [2.24, 2.45) is 0 Å². The minimum Gasteiger partial charge on any atom is -0.406 e. The van der Waals surface area contributed by atoms with Crippen molar-refractivity contribution in [1.29, 1.82) is 0 Å². The smallest absolute Gasteiger partial charge is 0.406 e. The standard InChI is InChI=1S/C16H22F3N3O3/c1-10(2)20-15(24)11(3)22(4)9-14(23)21-12-5-7-13(8-6-12)25-16(17,18)19/h5-8,10-11H,9H2,1-4H3,(H,20,24)(H,21,23)/p+1/t11-/m0/s1. The van der Waals surface area contributed by atoms with Crippen LogP contribution >= 0.6 is 0 Å². The lowest BCUT2D eigenvalue weighted by atomic mass is 10.2. The van der Waals surface area contributed by atoms with E-state index in [0.717, 1.165) is 12.1 Å². The average molecular weight is 362 g/mol. The van der Waals surface area contributed by atoms with Crippen LogP contribution < -0.4 is 20.3 Å². The van der Waals surface area contributed by atoms with E-state index in [1.807, 2.05) is 13.8 Å². The third kappa shape index (κ3) is 7.88. The second kappa shape index (κ2) is 8.70. The molecule has 2 atom stereocenters. The maximum Gasteiger partial charge on any atom is 0.573 e. The highest BCUT2D eigenvalue weighted by Gasteiger charge is 2.31. The number of likely N-dealkylation sites (N-methyl/N-ethyl adjacent to an activating group) is 1. The predicted molar refractivity (Wildman–Crippen MR) is 86.2 cm³/mol. The van der Waals surface area contributed by atoms with E-state index in [1.54, 1.807) is 14.0 Å². The van der Waals surface area contributed by atoms with Crippen molar-refractivity contribution < 1.29 is 32.4 Å². The molecule has 0 bridgehead atoms. The third-order valence-corrected chi connectivity index (χ3v) is 3.37. The molecule has 0 spiro atoms. The summed E-state index contributed by atoms with van der Waals surface area (Å²) in [5.74, 6) is -0.882. The summed E-state index contributed by atoms with van der Waals surface area (Å²) < 4.78 is 40.0. The van der Waals surface area contributed by atoms with Gasteiger partial charge in [-0.1, -0.05) is 0 Å². The topological polar surface area (TPSA) is 71.9 Å². The molecule has 0 saturated carbocycles. The summed E-state index contributed by atoms with van der Waals surface area (Å²) >= 11 is 0. The molecule has 0 aliphatic rings. The molecule has 0 aliphatic heterocycles. The minimum atomic E-state index is -4.76. The summed E-state index contributed by atoms with van der Waals surface area (Å²) in [5.41, 5.74) is 0.339. The number of ether oxygens (including phenoxy) is 1. The zero-order chi connectivity index (χ0) is 19.2. The largest absolute Gasteiger partial charge is 0.573 e. The zero-order valence-electron chi connectivity index (χ0n) is 14.5. The number of benzene rings is 1. The Balaban J connectivity index is 2.54. The van der Waals surface area contributed by atoms with Crippen LogP contribution in [0.2, 0.25) is 0 Å². The van der Waals surface area contributed by atoms with Gasteiger partial charge in [-0.05, 0) is 45.0 Å². The first-order valence-electron chi connectivity index (χ1n) is 7.76. The summed E-state index contributed by atoms with van der Waals surface area (Å²) in [5, 5.41) is 5.34. The number of hydrogen-bond donors (Lipinski definition) is 3. The van der Waals surface area contributed by atoms with Crippen LogP contribution in [0.25, 0.3) is 0 Å². The average Bonchev–Trinajstić information content (AvgIpc) is 2.46. The molecule has 1 aromatic rings. The van der Waals surface area contributed by atoms with E-state index >= 15 is 0 Å². The van der Waals surface area contributed by atoms with E-state index < -0.39 is 12.4 Å². The number of quaternary nitrogens is 1. The summed E-state index contributed by atoms with van der Waals surface area (Å²) in [7, 11) is 1.71. The van der Waals surface area contributed by atoms with E-state index in [9.17, 15) is 22.8 Å². The molecule has 3 N–H and O–H groups in total. The van der Waals surface area contributed by atoms with Crippen molar-refractivity contribution in [2.75, 3.05) is 18.9 Å². The molecule has 25 heavy (non-hydrogen) atoms. The molecule has 1 unspecified atom stereocenters. The van der Waals surface area contributed by atoms with Crippen LogP contribution in [0.5, 0.6) is 5.75 Å².